The van der Waals surface area contributed by atoms with Gasteiger partial charge in [0.2, 0.25) is 0 Å². The SMILES string of the molecule is C=C/C(N=CC)=C(\C=NC)NC. The van der Waals surface area contributed by atoms with Crippen molar-refractivity contribution >= 4 is 12.4 Å². The van der Waals surface area contributed by atoms with E-state index in [1.807, 2.05) is 14.0 Å². The molecule has 0 fully saturated rings. The quantitative estimate of drug-likeness (QED) is 0.496. The second-order valence-electron chi connectivity index (χ2n) is 2.03. The van der Waals surface area contributed by atoms with Crippen LogP contribution in [0.3, 0.4) is 0 Å². The van der Waals surface area contributed by atoms with E-state index < -0.39 is 0 Å². The number of hydrogen-bond donors (Lipinski definition) is 1. The monoisotopic (exact) mass is 165 g/mol. The topological polar surface area (TPSA) is 36.8 Å². The highest BCUT2D eigenvalue weighted by Crippen LogP contribution is 2.01. The molecule has 0 spiro atoms. The minimum atomic E-state index is 0.797. The van der Waals surface area contributed by atoms with Crippen LogP contribution in [0.1, 0.15) is 6.92 Å². The van der Waals surface area contributed by atoms with Crippen LogP contribution < -0.4 is 5.32 Å². The van der Waals surface area contributed by atoms with Gasteiger partial charge in [0.1, 0.15) is 0 Å². The molecule has 0 aromatic rings. The molecule has 0 atom stereocenters. The molecule has 12 heavy (non-hydrogen) atoms. The lowest BCUT2D eigenvalue weighted by Gasteiger charge is -2.02. The third-order valence-electron chi connectivity index (χ3n) is 1.27. The van der Waals surface area contributed by atoms with Gasteiger partial charge in [0.15, 0.2) is 0 Å². The van der Waals surface area contributed by atoms with Gasteiger partial charge in [0, 0.05) is 26.5 Å². The fourth-order valence-electron chi connectivity index (χ4n) is 0.759. The summed E-state index contributed by atoms with van der Waals surface area (Å²) in [5, 5.41) is 2.98. The van der Waals surface area contributed by atoms with Crippen LogP contribution >= 0.6 is 0 Å². The summed E-state index contributed by atoms with van der Waals surface area (Å²) in [7, 11) is 3.54. The van der Waals surface area contributed by atoms with Gasteiger partial charge in [-0.25, -0.2) is 0 Å². The lowest BCUT2D eigenvalue weighted by atomic mass is 10.3. The van der Waals surface area contributed by atoms with E-state index >= 15 is 0 Å². The fraction of sp³-hybridized carbons (Fsp3) is 0.333. The maximum atomic E-state index is 4.12. The van der Waals surface area contributed by atoms with Crippen molar-refractivity contribution in [1.29, 1.82) is 0 Å². The van der Waals surface area contributed by atoms with Gasteiger partial charge in [0.05, 0.1) is 11.4 Å². The van der Waals surface area contributed by atoms with E-state index in [1.54, 1.807) is 25.6 Å². The van der Waals surface area contributed by atoms with Crippen molar-refractivity contribution < 1.29 is 0 Å². The zero-order valence-electron chi connectivity index (χ0n) is 7.83. The molecule has 0 rings (SSSR count). The second-order valence-corrected chi connectivity index (χ2v) is 2.03. The fourth-order valence-corrected chi connectivity index (χ4v) is 0.759. The first-order valence-electron chi connectivity index (χ1n) is 3.75. The van der Waals surface area contributed by atoms with Gasteiger partial charge in [-0.2, -0.15) is 0 Å². The minimum Gasteiger partial charge on any atom is -0.385 e. The van der Waals surface area contributed by atoms with Crippen molar-refractivity contribution in [2.45, 2.75) is 6.92 Å². The Morgan fingerprint density at radius 3 is 2.50 bits per heavy atom. The van der Waals surface area contributed by atoms with Gasteiger partial charge in [-0.05, 0) is 13.0 Å². The Morgan fingerprint density at radius 1 is 1.50 bits per heavy atom. The summed E-state index contributed by atoms with van der Waals surface area (Å²) < 4.78 is 0. The molecule has 0 aromatic heterocycles. The van der Waals surface area contributed by atoms with Crippen LogP contribution in [-0.2, 0) is 0 Å². The second kappa shape index (κ2) is 6.34. The molecule has 3 nitrogen and oxygen atoms in total. The average Bonchev–Trinajstić information content (AvgIpc) is 2.11. The van der Waals surface area contributed by atoms with E-state index in [0.29, 0.717) is 0 Å². The third-order valence-corrected chi connectivity index (χ3v) is 1.27. The molecule has 0 aliphatic rings. The molecular formula is C9H15N3. The summed E-state index contributed by atoms with van der Waals surface area (Å²) in [6.45, 7) is 5.52. The summed E-state index contributed by atoms with van der Waals surface area (Å²) in [6.07, 6.45) is 5.12. The Bertz CT molecular complexity index is 224. The van der Waals surface area contributed by atoms with Gasteiger partial charge < -0.3 is 5.32 Å². The molecule has 66 valence electrons. The van der Waals surface area contributed by atoms with Crippen molar-refractivity contribution in [3.63, 3.8) is 0 Å². The predicted octanol–water partition coefficient (Wildman–Crippen LogP) is 1.39. The molecule has 0 saturated carbocycles. The molecule has 3 heteroatoms. The van der Waals surface area contributed by atoms with Crippen LogP contribution in [0.2, 0.25) is 0 Å². The zero-order valence-corrected chi connectivity index (χ0v) is 7.83. The van der Waals surface area contributed by atoms with E-state index in [9.17, 15) is 0 Å². The first kappa shape index (κ1) is 10.6. The Balaban J connectivity index is 4.85. The van der Waals surface area contributed by atoms with Crippen LogP contribution in [0, 0.1) is 0 Å². The van der Waals surface area contributed by atoms with Crippen LogP contribution in [0.5, 0.6) is 0 Å². The van der Waals surface area contributed by atoms with Crippen molar-refractivity contribution in [3.8, 4) is 0 Å². The largest absolute Gasteiger partial charge is 0.385 e. The molecule has 0 amide bonds. The van der Waals surface area contributed by atoms with Gasteiger partial charge in [-0.15, -0.1) is 0 Å². The molecule has 0 aliphatic heterocycles. The Morgan fingerprint density at radius 2 is 2.17 bits per heavy atom. The maximum absolute atomic E-state index is 4.12. The molecule has 0 aliphatic carbocycles. The van der Waals surface area contributed by atoms with E-state index in [0.717, 1.165) is 11.4 Å². The van der Waals surface area contributed by atoms with E-state index in [2.05, 4.69) is 21.9 Å². The number of rotatable bonds is 4. The van der Waals surface area contributed by atoms with Crippen molar-refractivity contribution in [1.82, 2.24) is 5.32 Å². The summed E-state index contributed by atoms with van der Waals surface area (Å²) in [4.78, 5) is 8.01. The van der Waals surface area contributed by atoms with Crippen LogP contribution in [-0.4, -0.2) is 26.5 Å². The number of nitrogens with one attached hydrogen (secondary N) is 1. The molecule has 0 bridgehead atoms. The van der Waals surface area contributed by atoms with Crippen LogP contribution in [0.4, 0.5) is 0 Å². The van der Waals surface area contributed by atoms with Crippen molar-refractivity contribution in [2.24, 2.45) is 9.98 Å². The van der Waals surface area contributed by atoms with E-state index in [4.69, 9.17) is 0 Å². The standard InChI is InChI=1S/C9H15N3/c1-5-8(12-6-2)9(11-4)7-10-3/h5-7,11H,1H2,2-4H3/b9-8-,10-7?,12-6?. The van der Waals surface area contributed by atoms with Crippen molar-refractivity contribution in [3.05, 3.63) is 24.0 Å². The highest BCUT2D eigenvalue weighted by atomic mass is 14.9. The molecule has 0 saturated heterocycles. The van der Waals surface area contributed by atoms with Gasteiger partial charge >= 0.3 is 0 Å². The summed E-state index contributed by atoms with van der Waals surface area (Å²) in [5.41, 5.74) is 1.66. The molecule has 0 heterocycles. The van der Waals surface area contributed by atoms with Gasteiger partial charge in [-0.1, -0.05) is 6.58 Å². The summed E-state index contributed by atoms with van der Waals surface area (Å²) >= 11 is 0. The molecule has 0 radical (unpaired) electrons. The maximum Gasteiger partial charge on any atom is 0.0866 e. The molecule has 0 aromatic carbocycles. The zero-order chi connectivity index (χ0) is 9.40. The first-order chi connectivity index (χ1) is 5.79. The number of nitrogens with zero attached hydrogens (tertiary/aromatic N) is 2. The number of hydrogen-bond acceptors (Lipinski definition) is 3. The summed E-state index contributed by atoms with van der Waals surface area (Å²) in [5.74, 6) is 0. The van der Waals surface area contributed by atoms with Crippen LogP contribution in [0.25, 0.3) is 0 Å². The lowest BCUT2D eigenvalue weighted by molar-refractivity contribution is 1.03. The van der Waals surface area contributed by atoms with Gasteiger partial charge in [-0.3, -0.25) is 9.98 Å². The Labute approximate surface area is 73.6 Å². The van der Waals surface area contributed by atoms with E-state index in [1.165, 1.54) is 0 Å². The third kappa shape index (κ3) is 3.14. The smallest absolute Gasteiger partial charge is 0.0866 e. The van der Waals surface area contributed by atoms with E-state index in [-0.39, 0.29) is 0 Å². The summed E-state index contributed by atoms with van der Waals surface area (Å²) in [6, 6.07) is 0. The Hall–Kier alpha value is -1.38. The average molecular weight is 165 g/mol. The highest BCUT2D eigenvalue weighted by molar-refractivity contribution is 5.80. The lowest BCUT2D eigenvalue weighted by Crippen LogP contribution is -2.09. The number of aliphatic imine (C=N–C) groups is 2. The highest BCUT2D eigenvalue weighted by Gasteiger charge is 1.94. The first-order valence-corrected chi connectivity index (χ1v) is 3.75. The van der Waals surface area contributed by atoms with Crippen molar-refractivity contribution in [2.75, 3.05) is 14.1 Å². The number of allylic oxidation sites excluding steroid dienone is 2. The molecular weight excluding hydrogens is 150 g/mol. The predicted molar refractivity (Wildman–Crippen MR) is 54.9 cm³/mol. The Kier molecular flexibility index (Phi) is 5.61. The molecule has 0 unspecified atom stereocenters. The molecule has 1 N–H and O–H groups in total. The van der Waals surface area contributed by atoms with Gasteiger partial charge in [0.25, 0.3) is 0 Å². The van der Waals surface area contributed by atoms with Crippen LogP contribution in [0.15, 0.2) is 34.0 Å². The normalized spacial score (nSPS) is 13.6. The minimum absolute atomic E-state index is 0.797.